The molecule has 0 saturated heterocycles. The van der Waals surface area contributed by atoms with E-state index in [1.165, 1.54) is 0 Å². The molecule has 0 saturated carbocycles. The lowest BCUT2D eigenvalue weighted by Crippen LogP contribution is -2.34. The Kier molecular flexibility index (Phi) is 5.93. The molecule has 0 bridgehead atoms. The molecule has 124 valence electrons. The molecule has 1 aromatic carbocycles. The summed E-state index contributed by atoms with van der Waals surface area (Å²) in [6.45, 7) is 6.92. The quantitative estimate of drug-likeness (QED) is 0.824. The highest BCUT2D eigenvalue weighted by Gasteiger charge is 2.17. The molecule has 2 aromatic rings. The van der Waals surface area contributed by atoms with E-state index in [0.717, 1.165) is 11.3 Å². The Hall–Kier alpha value is -2.14. The van der Waals surface area contributed by atoms with Crippen molar-refractivity contribution in [1.82, 2.24) is 15.1 Å². The maximum atomic E-state index is 12.3. The fraction of sp³-hybridized carbons (Fsp3) is 0.444. The minimum absolute atomic E-state index is 0.196. The van der Waals surface area contributed by atoms with Crippen LogP contribution in [-0.4, -0.2) is 33.4 Å². The number of aryl methyl sites for hydroxylation is 1. The predicted octanol–water partition coefficient (Wildman–Crippen LogP) is 2.36. The average molecular weight is 315 g/mol. The maximum Gasteiger partial charge on any atom is 0.269 e. The fourth-order valence-electron chi connectivity index (χ4n) is 2.40. The molecule has 0 fully saturated rings. The average Bonchev–Trinajstić information content (AvgIpc) is 2.98. The number of rotatable bonds is 7. The van der Waals surface area contributed by atoms with Crippen molar-refractivity contribution in [3.8, 4) is 0 Å². The van der Waals surface area contributed by atoms with E-state index < -0.39 is 6.10 Å². The first kappa shape index (κ1) is 17.2. The van der Waals surface area contributed by atoms with Crippen LogP contribution in [0.25, 0.3) is 0 Å². The topological polar surface area (TPSA) is 67.2 Å². The smallest absolute Gasteiger partial charge is 0.269 e. The molecule has 2 N–H and O–H groups in total. The van der Waals surface area contributed by atoms with Crippen LogP contribution in [0.5, 0.6) is 0 Å². The molecule has 5 heteroatoms. The first-order chi connectivity index (χ1) is 11.0. The largest absolute Gasteiger partial charge is 0.391 e. The van der Waals surface area contributed by atoms with Gasteiger partial charge < -0.3 is 10.4 Å². The van der Waals surface area contributed by atoms with Crippen LogP contribution in [0.3, 0.4) is 0 Å². The zero-order valence-corrected chi connectivity index (χ0v) is 14.0. The van der Waals surface area contributed by atoms with Crippen molar-refractivity contribution in [1.29, 1.82) is 0 Å². The van der Waals surface area contributed by atoms with Gasteiger partial charge in [-0.3, -0.25) is 9.48 Å². The molecule has 0 spiro atoms. The molecule has 0 radical (unpaired) electrons. The van der Waals surface area contributed by atoms with Gasteiger partial charge in [-0.15, -0.1) is 0 Å². The standard InChI is InChI=1S/C18H25N3O2/c1-4-21-17(11-16(20-21)13(2)3)18(23)19-12-15(22)10-14-8-6-5-7-9-14/h5-9,11,13,15,22H,4,10,12H2,1-3H3,(H,19,23). The first-order valence-electron chi connectivity index (χ1n) is 8.09. The van der Waals surface area contributed by atoms with Gasteiger partial charge in [-0.2, -0.15) is 5.10 Å². The normalized spacial score (nSPS) is 12.4. The number of carbonyl (C=O) groups is 1. The second kappa shape index (κ2) is 7.92. The third kappa shape index (κ3) is 4.66. The summed E-state index contributed by atoms with van der Waals surface area (Å²) < 4.78 is 1.70. The first-order valence-corrected chi connectivity index (χ1v) is 8.09. The van der Waals surface area contributed by atoms with E-state index in [-0.39, 0.29) is 18.4 Å². The fourth-order valence-corrected chi connectivity index (χ4v) is 2.40. The van der Waals surface area contributed by atoms with Crippen LogP contribution in [0.4, 0.5) is 0 Å². The highest BCUT2D eigenvalue weighted by atomic mass is 16.3. The van der Waals surface area contributed by atoms with Gasteiger partial charge in [0.1, 0.15) is 5.69 Å². The zero-order valence-electron chi connectivity index (χ0n) is 14.0. The molecule has 0 aliphatic heterocycles. The Balaban J connectivity index is 1.94. The van der Waals surface area contributed by atoms with Crippen LogP contribution in [0.15, 0.2) is 36.4 Å². The van der Waals surface area contributed by atoms with E-state index in [1.807, 2.05) is 57.2 Å². The van der Waals surface area contributed by atoms with Crippen LogP contribution in [-0.2, 0) is 13.0 Å². The van der Waals surface area contributed by atoms with Crippen LogP contribution >= 0.6 is 0 Å². The third-order valence-electron chi connectivity index (χ3n) is 3.73. The number of hydrogen-bond donors (Lipinski definition) is 2. The van der Waals surface area contributed by atoms with E-state index in [1.54, 1.807) is 4.68 Å². The van der Waals surface area contributed by atoms with Crippen LogP contribution < -0.4 is 5.32 Å². The van der Waals surface area contributed by atoms with Gasteiger partial charge >= 0.3 is 0 Å². The number of aliphatic hydroxyl groups is 1. The van der Waals surface area contributed by atoms with Gasteiger partial charge in [-0.25, -0.2) is 0 Å². The van der Waals surface area contributed by atoms with Crippen molar-refractivity contribution in [3.63, 3.8) is 0 Å². The van der Waals surface area contributed by atoms with Crippen molar-refractivity contribution in [2.24, 2.45) is 0 Å². The summed E-state index contributed by atoms with van der Waals surface area (Å²) in [5.41, 5.74) is 2.50. The number of carbonyl (C=O) groups excluding carboxylic acids is 1. The number of hydrogen-bond acceptors (Lipinski definition) is 3. The van der Waals surface area contributed by atoms with E-state index >= 15 is 0 Å². The monoisotopic (exact) mass is 315 g/mol. The summed E-state index contributed by atoms with van der Waals surface area (Å²) in [5, 5.41) is 17.3. The third-order valence-corrected chi connectivity index (χ3v) is 3.73. The minimum Gasteiger partial charge on any atom is -0.391 e. The van der Waals surface area contributed by atoms with E-state index in [9.17, 15) is 9.90 Å². The lowest BCUT2D eigenvalue weighted by molar-refractivity contribution is 0.0905. The Labute approximate surface area is 137 Å². The van der Waals surface area contributed by atoms with E-state index in [4.69, 9.17) is 0 Å². The number of nitrogens with one attached hydrogen (secondary N) is 1. The molecule has 1 heterocycles. The van der Waals surface area contributed by atoms with E-state index in [0.29, 0.717) is 18.7 Å². The van der Waals surface area contributed by atoms with E-state index in [2.05, 4.69) is 10.4 Å². The van der Waals surface area contributed by atoms with Gasteiger partial charge in [0.15, 0.2) is 0 Å². The van der Waals surface area contributed by atoms with Gasteiger partial charge in [-0.1, -0.05) is 44.2 Å². The second-order valence-electron chi connectivity index (χ2n) is 5.98. The molecule has 1 unspecified atom stereocenters. The lowest BCUT2D eigenvalue weighted by atomic mass is 10.1. The molecule has 23 heavy (non-hydrogen) atoms. The molecule has 0 aliphatic rings. The Morgan fingerprint density at radius 2 is 2.00 bits per heavy atom. The summed E-state index contributed by atoms with van der Waals surface area (Å²) in [7, 11) is 0. The molecule has 1 amide bonds. The molecule has 1 aromatic heterocycles. The molecule has 2 rings (SSSR count). The van der Waals surface area contributed by atoms with Crippen LogP contribution in [0.1, 0.15) is 48.4 Å². The summed E-state index contributed by atoms with van der Waals surface area (Å²) in [5.74, 6) is 0.0800. The number of benzene rings is 1. The van der Waals surface area contributed by atoms with Gasteiger partial charge in [0.05, 0.1) is 11.8 Å². The van der Waals surface area contributed by atoms with Crippen LogP contribution in [0.2, 0.25) is 0 Å². The second-order valence-corrected chi connectivity index (χ2v) is 5.98. The van der Waals surface area contributed by atoms with Crippen molar-refractivity contribution in [2.45, 2.75) is 45.8 Å². The predicted molar refractivity (Wildman–Crippen MR) is 90.5 cm³/mol. The van der Waals surface area contributed by atoms with Crippen molar-refractivity contribution >= 4 is 5.91 Å². The lowest BCUT2D eigenvalue weighted by Gasteiger charge is -2.12. The van der Waals surface area contributed by atoms with Crippen molar-refractivity contribution in [3.05, 3.63) is 53.3 Å². The molecule has 1 atom stereocenters. The SMILES string of the molecule is CCn1nc(C(C)C)cc1C(=O)NCC(O)Cc1ccccc1. The minimum atomic E-state index is -0.607. The number of amides is 1. The Morgan fingerprint density at radius 3 is 2.61 bits per heavy atom. The molecule has 0 aliphatic carbocycles. The molecule has 5 nitrogen and oxygen atoms in total. The Bertz CT molecular complexity index is 635. The highest BCUT2D eigenvalue weighted by molar-refractivity contribution is 5.92. The highest BCUT2D eigenvalue weighted by Crippen LogP contribution is 2.14. The van der Waals surface area contributed by atoms with Crippen molar-refractivity contribution < 1.29 is 9.90 Å². The number of nitrogens with zero attached hydrogens (tertiary/aromatic N) is 2. The van der Waals surface area contributed by atoms with Crippen LogP contribution in [0, 0.1) is 0 Å². The van der Waals surface area contributed by atoms with Gasteiger partial charge in [0, 0.05) is 19.5 Å². The summed E-state index contributed by atoms with van der Waals surface area (Å²) in [6, 6.07) is 11.6. The summed E-state index contributed by atoms with van der Waals surface area (Å²) >= 11 is 0. The Morgan fingerprint density at radius 1 is 1.30 bits per heavy atom. The molecular weight excluding hydrogens is 290 g/mol. The number of aromatic nitrogens is 2. The van der Waals surface area contributed by atoms with Gasteiger partial charge in [-0.05, 0) is 24.5 Å². The molecular formula is C18H25N3O2. The van der Waals surface area contributed by atoms with Gasteiger partial charge in [0.2, 0.25) is 0 Å². The summed E-state index contributed by atoms with van der Waals surface area (Å²) in [4.78, 5) is 12.3. The van der Waals surface area contributed by atoms with Crippen molar-refractivity contribution in [2.75, 3.05) is 6.54 Å². The maximum absolute atomic E-state index is 12.3. The van der Waals surface area contributed by atoms with Gasteiger partial charge in [0.25, 0.3) is 5.91 Å². The number of aliphatic hydroxyl groups excluding tert-OH is 1. The summed E-state index contributed by atoms with van der Waals surface area (Å²) in [6.07, 6.45) is -0.0882. The zero-order chi connectivity index (χ0) is 16.8.